The van der Waals surface area contributed by atoms with E-state index >= 15 is 0 Å². The summed E-state index contributed by atoms with van der Waals surface area (Å²) in [6, 6.07) is 10.3. The number of carbonyl (C=O) groups excluding carboxylic acids is 1. The lowest BCUT2D eigenvalue weighted by atomic mass is 9.74. The highest BCUT2D eigenvalue weighted by molar-refractivity contribution is 5.77. The van der Waals surface area contributed by atoms with E-state index in [1.54, 1.807) is 0 Å². The Morgan fingerprint density at radius 2 is 1.83 bits per heavy atom. The minimum Gasteiger partial charge on any atom is -0.338 e. The molecular formula is C16H23NO. The highest BCUT2D eigenvalue weighted by Crippen LogP contribution is 2.38. The molecule has 1 aromatic rings. The molecule has 0 saturated carbocycles. The molecule has 0 aromatic heterocycles. The van der Waals surface area contributed by atoms with Crippen molar-refractivity contribution >= 4 is 5.91 Å². The van der Waals surface area contributed by atoms with Gasteiger partial charge in [0, 0.05) is 19.5 Å². The van der Waals surface area contributed by atoms with E-state index in [9.17, 15) is 4.79 Å². The zero-order chi connectivity index (χ0) is 13.0. The number of likely N-dealkylation sites (tertiary alicyclic amines) is 1. The SMILES string of the molecule is CCC1(CC)CCN(Cc2ccccc2)C(=O)C1. The second-order valence-corrected chi connectivity index (χ2v) is 5.43. The molecular weight excluding hydrogens is 222 g/mol. The van der Waals surface area contributed by atoms with E-state index < -0.39 is 0 Å². The van der Waals surface area contributed by atoms with Gasteiger partial charge in [0.15, 0.2) is 0 Å². The van der Waals surface area contributed by atoms with E-state index in [-0.39, 0.29) is 5.41 Å². The molecule has 1 heterocycles. The molecule has 1 aliphatic rings. The summed E-state index contributed by atoms with van der Waals surface area (Å²) in [6.45, 7) is 6.10. The van der Waals surface area contributed by atoms with Crippen LogP contribution in [0.4, 0.5) is 0 Å². The third-order valence-corrected chi connectivity index (χ3v) is 4.51. The summed E-state index contributed by atoms with van der Waals surface area (Å²) < 4.78 is 0. The van der Waals surface area contributed by atoms with E-state index in [2.05, 4.69) is 26.0 Å². The third-order valence-electron chi connectivity index (χ3n) is 4.51. The Hall–Kier alpha value is -1.31. The second kappa shape index (κ2) is 5.55. The van der Waals surface area contributed by atoms with Gasteiger partial charge in [-0.1, -0.05) is 44.2 Å². The van der Waals surface area contributed by atoms with Crippen molar-refractivity contribution in [3.8, 4) is 0 Å². The van der Waals surface area contributed by atoms with Crippen LogP contribution < -0.4 is 0 Å². The Morgan fingerprint density at radius 1 is 1.17 bits per heavy atom. The highest BCUT2D eigenvalue weighted by Gasteiger charge is 2.35. The maximum Gasteiger partial charge on any atom is 0.223 e. The molecule has 0 aliphatic carbocycles. The summed E-state index contributed by atoms with van der Waals surface area (Å²) in [5.74, 6) is 0.328. The molecule has 2 rings (SSSR count). The molecule has 0 spiro atoms. The van der Waals surface area contributed by atoms with Gasteiger partial charge < -0.3 is 4.90 Å². The maximum absolute atomic E-state index is 12.3. The molecule has 2 nitrogen and oxygen atoms in total. The van der Waals surface area contributed by atoms with Gasteiger partial charge in [-0.3, -0.25) is 4.79 Å². The number of benzene rings is 1. The molecule has 1 amide bonds. The van der Waals surface area contributed by atoms with Crippen LogP contribution in [-0.4, -0.2) is 17.4 Å². The Labute approximate surface area is 110 Å². The molecule has 2 heteroatoms. The van der Waals surface area contributed by atoms with Crippen LogP contribution in [0.5, 0.6) is 0 Å². The number of carbonyl (C=O) groups is 1. The summed E-state index contributed by atoms with van der Waals surface area (Å²) in [6.07, 6.45) is 4.12. The number of hydrogen-bond acceptors (Lipinski definition) is 1. The van der Waals surface area contributed by atoms with Gasteiger partial charge in [-0.2, -0.15) is 0 Å². The molecule has 1 aliphatic heterocycles. The van der Waals surface area contributed by atoms with Crippen LogP contribution in [0.3, 0.4) is 0 Å². The number of hydrogen-bond donors (Lipinski definition) is 0. The summed E-state index contributed by atoms with van der Waals surface area (Å²) in [5, 5.41) is 0. The van der Waals surface area contributed by atoms with Gasteiger partial charge in [0.2, 0.25) is 5.91 Å². The molecule has 0 atom stereocenters. The highest BCUT2D eigenvalue weighted by atomic mass is 16.2. The van der Waals surface area contributed by atoms with Crippen LogP contribution in [0, 0.1) is 5.41 Å². The summed E-state index contributed by atoms with van der Waals surface area (Å²) in [5.41, 5.74) is 1.50. The van der Waals surface area contributed by atoms with E-state index in [0.29, 0.717) is 5.91 Å². The van der Waals surface area contributed by atoms with Crippen LogP contribution in [0.15, 0.2) is 30.3 Å². The Kier molecular flexibility index (Phi) is 4.05. The van der Waals surface area contributed by atoms with Gasteiger partial charge in [0.05, 0.1) is 0 Å². The first-order valence-corrected chi connectivity index (χ1v) is 7.01. The van der Waals surface area contributed by atoms with Crippen LogP contribution in [0.2, 0.25) is 0 Å². The van der Waals surface area contributed by atoms with Crippen molar-refractivity contribution in [3.05, 3.63) is 35.9 Å². The molecule has 0 bridgehead atoms. The van der Waals surface area contributed by atoms with Crippen molar-refractivity contribution in [1.82, 2.24) is 4.90 Å². The van der Waals surface area contributed by atoms with Gasteiger partial charge in [0.25, 0.3) is 0 Å². The molecule has 0 N–H and O–H groups in total. The Bertz CT molecular complexity index is 395. The van der Waals surface area contributed by atoms with Crippen molar-refractivity contribution in [3.63, 3.8) is 0 Å². The fraction of sp³-hybridized carbons (Fsp3) is 0.562. The number of amides is 1. The minimum atomic E-state index is 0.268. The number of rotatable bonds is 4. The lowest BCUT2D eigenvalue weighted by Crippen LogP contribution is -2.43. The zero-order valence-electron chi connectivity index (χ0n) is 11.5. The smallest absolute Gasteiger partial charge is 0.223 e. The molecule has 18 heavy (non-hydrogen) atoms. The number of piperidine rings is 1. The topological polar surface area (TPSA) is 20.3 Å². The third kappa shape index (κ3) is 2.74. The van der Waals surface area contributed by atoms with Crippen LogP contribution in [-0.2, 0) is 11.3 Å². The fourth-order valence-electron chi connectivity index (χ4n) is 2.84. The lowest BCUT2D eigenvalue weighted by Gasteiger charge is -2.40. The summed E-state index contributed by atoms with van der Waals surface area (Å²) in [4.78, 5) is 14.3. The predicted octanol–water partition coefficient (Wildman–Crippen LogP) is 3.62. The summed E-state index contributed by atoms with van der Waals surface area (Å²) >= 11 is 0. The average molecular weight is 245 g/mol. The predicted molar refractivity (Wildman–Crippen MR) is 74.1 cm³/mol. The molecule has 1 fully saturated rings. The van der Waals surface area contributed by atoms with E-state index in [0.717, 1.165) is 38.8 Å². The normalized spacial score (nSPS) is 19.0. The van der Waals surface area contributed by atoms with Gasteiger partial charge in [-0.05, 0) is 30.2 Å². The standard InChI is InChI=1S/C16H23NO/c1-3-16(4-2)10-11-17(15(18)12-16)13-14-8-6-5-7-9-14/h5-9H,3-4,10-13H2,1-2H3. The average Bonchev–Trinajstić information content (AvgIpc) is 2.42. The first kappa shape index (κ1) is 13.1. The fourth-order valence-corrected chi connectivity index (χ4v) is 2.84. The van der Waals surface area contributed by atoms with Crippen molar-refractivity contribution in [2.45, 2.75) is 46.1 Å². The maximum atomic E-state index is 12.3. The number of nitrogens with zero attached hydrogens (tertiary/aromatic N) is 1. The molecule has 1 saturated heterocycles. The van der Waals surface area contributed by atoms with Gasteiger partial charge in [-0.15, -0.1) is 0 Å². The van der Waals surface area contributed by atoms with Crippen molar-refractivity contribution < 1.29 is 4.79 Å². The van der Waals surface area contributed by atoms with Crippen LogP contribution >= 0.6 is 0 Å². The van der Waals surface area contributed by atoms with Crippen molar-refractivity contribution in [1.29, 1.82) is 0 Å². The second-order valence-electron chi connectivity index (χ2n) is 5.43. The quantitative estimate of drug-likeness (QED) is 0.793. The zero-order valence-corrected chi connectivity index (χ0v) is 11.5. The minimum absolute atomic E-state index is 0.268. The van der Waals surface area contributed by atoms with Gasteiger partial charge in [0.1, 0.15) is 0 Å². The monoisotopic (exact) mass is 245 g/mol. The van der Waals surface area contributed by atoms with Crippen molar-refractivity contribution in [2.75, 3.05) is 6.54 Å². The molecule has 0 radical (unpaired) electrons. The van der Waals surface area contributed by atoms with Crippen LogP contribution in [0.25, 0.3) is 0 Å². The first-order valence-electron chi connectivity index (χ1n) is 7.01. The Balaban J connectivity index is 2.00. The van der Waals surface area contributed by atoms with Gasteiger partial charge in [-0.25, -0.2) is 0 Å². The largest absolute Gasteiger partial charge is 0.338 e. The van der Waals surface area contributed by atoms with Crippen molar-refractivity contribution in [2.24, 2.45) is 5.41 Å². The van der Waals surface area contributed by atoms with E-state index in [4.69, 9.17) is 0 Å². The first-order chi connectivity index (χ1) is 8.69. The van der Waals surface area contributed by atoms with E-state index in [1.807, 2.05) is 23.1 Å². The van der Waals surface area contributed by atoms with Crippen LogP contribution in [0.1, 0.15) is 45.1 Å². The molecule has 1 aromatic carbocycles. The molecule has 98 valence electrons. The van der Waals surface area contributed by atoms with Gasteiger partial charge >= 0.3 is 0 Å². The van der Waals surface area contributed by atoms with E-state index in [1.165, 1.54) is 5.56 Å². The lowest BCUT2D eigenvalue weighted by molar-refractivity contribution is -0.139. The Morgan fingerprint density at radius 3 is 2.39 bits per heavy atom. The molecule has 0 unspecified atom stereocenters. The summed E-state index contributed by atoms with van der Waals surface area (Å²) in [7, 11) is 0.